The van der Waals surface area contributed by atoms with E-state index in [1.54, 1.807) is 6.08 Å². The van der Waals surface area contributed by atoms with Crippen molar-refractivity contribution >= 4 is 17.7 Å². The van der Waals surface area contributed by atoms with Gasteiger partial charge in [-0.05, 0) is 37.6 Å². The average Bonchev–Trinajstić information content (AvgIpc) is 2.36. The van der Waals surface area contributed by atoms with Crippen molar-refractivity contribution in [3.8, 4) is 0 Å². The summed E-state index contributed by atoms with van der Waals surface area (Å²) in [5, 5.41) is 0. The number of anilines is 1. The number of morpholine rings is 1. The molecular weight excluding hydrogens is 240 g/mol. The van der Waals surface area contributed by atoms with E-state index in [0.717, 1.165) is 11.3 Å². The summed E-state index contributed by atoms with van der Waals surface area (Å²) >= 11 is 0. The fourth-order valence-corrected chi connectivity index (χ4v) is 2.08. The van der Waals surface area contributed by atoms with Crippen molar-refractivity contribution in [1.29, 1.82) is 0 Å². The summed E-state index contributed by atoms with van der Waals surface area (Å²) in [5.41, 5.74) is 7.04. The highest BCUT2D eigenvalue weighted by Gasteiger charge is 2.28. The lowest BCUT2D eigenvalue weighted by molar-refractivity contribution is -0.140. The largest absolute Gasteiger partial charge is 0.399 e. The minimum absolute atomic E-state index is 0.0215. The van der Waals surface area contributed by atoms with Crippen LogP contribution in [0.5, 0.6) is 0 Å². The fourth-order valence-electron chi connectivity index (χ4n) is 2.08. The van der Waals surface area contributed by atoms with Crippen molar-refractivity contribution in [1.82, 2.24) is 4.90 Å². The van der Waals surface area contributed by atoms with Crippen LogP contribution in [0.4, 0.5) is 5.69 Å². The van der Waals surface area contributed by atoms with E-state index in [9.17, 15) is 4.79 Å². The molecule has 1 aliphatic rings. The Morgan fingerprint density at radius 2 is 2.05 bits per heavy atom. The summed E-state index contributed by atoms with van der Waals surface area (Å²) < 4.78 is 5.59. The first-order valence-corrected chi connectivity index (χ1v) is 6.43. The Bertz CT molecular complexity index is 477. The van der Waals surface area contributed by atoms with Crippen LogP contribution in [0.1, 0.15) is 19.4 Å². The van der Waals surface area contributed by atoms with E-state index in [1.165, 1.54) is 0 Å². The monoisotopic (exact) mass is 260 g/mol. The molecule has 0 radical (unpaired) electrons. The molecule has 1 fully saturated rings. The molecule has 4 heteroatoms. The number of rotatable bonds is 2. The summed E-state index contributed by atoms with van der Waals surface area (Å²) in [6.07, 6.45) is 3.41. The Hall–Kier alpha value is -1.81. The molecule has 4 nitrogen and oxygen atoms in total. The molecule has 1 aromatic rings. The van der Waals surface area contributed by atoms with Crippen LogP contribution in [-0.4, -0.2) is 36.1 Å². The van der Waals surface area contributed by atoms with E-state index < -0.39 is 0 Å². The van der Waals surface area contributed by atoms with E-state index >= 15 is 0 Å². The molecular formula is C15H20N2O2. The van der Waals surface area contributed by atoms with Gasteiger partial charge < -0.3 is 15.4 Å². The molecule has 1 aliphatic heterocycles. The Labute approximate surface area is 113 Å². The van der Waals surface area contributed by atoms with Gasteiger partial charge in [0.05, 0.1) is 12.2 Å². The van der Waals surface area contributed by atoms with Gasteiger partial charge in [0.25, 0.3) is 0 Å². The molecule has 1 amide bonds. The Balaban J connectivity index is 1.98. The van der Waals surface area contributed by atoms with Gasteiger partial charge in [0.1, 0.15) is 0 Å². The molecule has 0 aromatic heterocycles. The number of hydrogen-bond acceptors (Lipinski definition) is 3. The van der Waals surface area contributed by atoms with Crippen molar-refractivity contribution in [2.75, 3.05) is 25.4 Å². The SMILES string of the molecule is CC1(C)CN(C(=O)/C=C/c2ccc(N)cc2)CCO1. The van der Waals surface area contributed by atoms with Crippen LogP contribution in [0.15, 0.2) is 30.3 Å². The molecule has 1 saturated heterocycles. The van der Waals surface area contributed by atoms with E-state index in [2.05, 4.69) is 0 Å². The predicted molar refractivity (Wildman–Crippen MR) is 76.5 cm³/mol. The van der Waals surface area contributed by atoms with E-state index in [1.807, 2.05) is 49.1 Å². The number of nitrogens with zero attached hydrogens (tertiary/aromatic N) is 1. The molecule has 0 unspecified atom stereocenters. The maximum Gasteiger partial charge on any atom is 0.246 e. The van der Waals surface area contributed by atoms with Crippen LogP contribution in [-0.2, 0) is 9.53 Å². The van der Waals surface area contributed by atoms with Crippen molar-refractivity contribution < 1.29 is 9.53 Å². The van der Waals surface area contributed by atoms with Gasteiger partial charge in [-0.15, -0.1) is 0 Å². The van der Waals surface area contributed by atoms with Crippen LogP contribution in [0.2, 0.25) is 0 Å². The van der Waals surface area contributed by atoms with E-state index in [-0.39, 0.29) is 11.5 Å². The number of nitrogens with two attached hydrogens (primary N) is 1. The van der Waals surface area contributed by atoms with Gasteiger partial charge in [0.15, 0.2) is 0 Å². The number of nitrogen functional groups attached to an aromatic ring is 1. The minimum Gasteiger partial charge on any atom is -0.399 e. The van der Waals surface area contributed by atoms with Crippen molar-refractivity contribution in [2.45, 2.75) is 19.4 Å². The summed E-state index contributed by atoms with van der Waals surface area (Å²) in [7, 11) is 0. The van der Waals surface area contributed by atoms with Crippen LogP contribution >= 0.6 is 0 Å². The summed E-state index contributed by atoms with van der Waals surface area (Å²) in [5.74, 6) is 0.0215. The smallest absolute Gasteiger partial charge is 0.246 e. The maximum absolute atomic E-state index is 12.1. The Kier molecular flexibility index (Phi) is 3.90. The summed E-state index contributed by atoms with van der Waals surface area (Å²) in [6, 6.07) is 7.43. The molecule has 0 bridgehead atoms. The molecule has 0 saturated carbocycles. The first kappa shape index (κ1) is 13.6. The zero-order chi connectivity index (χ0) is 13.9. The van der Waals surface area contributed by atoms with Gasteiger partial charge in [0, 0.05) is 24.9 Å². The number of carbonyl (C=O) groups is 1. The van der Waals surface area contributed by atoms with Crippen molar-refractivity contribution in [2.24, 2.45) is 0 Å². The second-order valence-corrected chi connectivity index (χ2v) is 5.37. The highest BCUT2D eigenvalue weighted by atomic mass is 16.5. The van der Waals surface area contributed by atoms with Gasteiger partial charge in [-0.2, -0.15) is 0 Å². The summed E-state index contributed by atoms with van der Waals surface area (Å²) in [4.78, 5) is 13.9. The number of ether oxygens (including phenoxy) is 1. The standard InChI is InChI=1S/C15H20N2O2/c1-15(2)11-17(9-10-19-15)14(18)8-5-12-3-6-13(16)7-4-12/h3-8H,9-11,16H2,1-2H3/b8-5+. The molecule has 19 heavy (non-hydrogen) atoms. The third-order valence-electron chi connectivity index (χ3n) is 3.09. The van der Waals surface area contributed by atoms with Crippen molar-refractivity contribution in [3.05, 3.63) is 35.9 Å². The van der Waals surface area contributed by atoms with Crippen LogP contribution < -0.4 is 5.73 Å². The second kappa shape index (κ2) is 5.45. The lowest BCUT2D eigenvalue weighted by Gasteiger charge is -2.37. The minimum atomic E-state index is -0.261. The molecule has 0 atom stereocenters. The molecule has 0 spiro atoms. The maximum atomic E-state index is 12.1. The normalized spacial score (nSPS) is 18.7. The van der Waals surface area contributed by atoms with Crippen molar-refractivity contribution in [3.63, 3.8) is 0 Å². The van der Waals surface area contributed by atoms with Crippen LogP contribution in [0.25, 0.3) is 6.08 Å². The van der Waals surface area contributed by atoms with E-state index in [0.29, 0.717) is 19.7 Å². The quantitative estimate of drug-likeness (QED) is 0.653. The number of benzene rings is 1. The van der Waals surface area contributed by atoms with Crippen LogP contribution in [0, 0.1) is 0 Å². The lowest BCUT2D eigenvalue weighted by atomic mass is 10.1. The molecule has 102 valence electrons. The third kappa shape index (κ3) is 3.83. The zero-order valence-corrected chi connectivity index (χ0v) is 11.4. The lowest BCUT2D eigenvalue weighted by Crippen LogP contribution is -2.50. The zero-order valence-electron chi connectivity index (χ0n) is 11.4. The van der Waals surface area contributed by atoms with Gasteiger partial charge in [-0.3, -0.25) is 4.79 Å². The fraction of sp³-hybridized carbons (Fsp3) is 0.400. The van der Waals surface area contributed by atoms with Crippen LogP contribution in [0.3, 0.4) is 0 Å². The van der Waals surface area contributed by atoms with Gasteiger partial charge in [-0.25, -0.2) is 0 Å². The first-order chi connectivity index (χ1) is 8.96. The molecule has 2 N–H and O–H groups in total. The molecule has 1 heterocycles. The average molecular weight is 260 g/mol. The Morgan fingerprint density at radius 3 is 2.68 bits per heavy atom. The topological polar surface area (TPSA) is 55.6 Å². The number of hydrogen-bond donors (Lipinski definition) is 1. The van der Waals surface area contributed by atoms with Gasteiger partial charge in [0.2, 0.25) is 5.91 Å². The molecule has 1 aromatic carbocycles. The predicted octanol–water partition coefficient (Wildman–Crippen LogP) is 1.92. The first-order valence-electron chi connectivity index (χ1n) is 6.43. The van der Waals surface area contributed by atoms with Gasteiger partial charge in [-0.1, -0.05) is 12.1 Å². The second-order valence-electron chi connectivity index (χ2n) is 5.37. The number of amides is 1. The third-order valence-corrected chi connectivity index (χ3v) is 3.09. The Morgan fingerprint density at radius 1 is 1.37 bits per heavy atom. The molecule has 0 aliphatic carbocycles. The number of carbonyl (C=O) groups excluding carboxylic acids is 1. The van der Waals surface area contributed by atoms with E-state index in [4.69, 9.17) is 10.5 Å². The van der Waals surface area contributed by atoms with Gasteiger partial charge >= 0.3 is 0 Å². The summed E-state index contributed by atoms with van der Waals surface area (Å²) in [6.45, 7) is 5.85. The molecule has 2 rings (SSSR count). The highest BCUT2D eigenvalue weighted by Crippen LogP contribution is 2.17. The highest BCUT2D eigenvalue weighted by molar-refractivity contribution is 5.91.